The van der Waals surface area contributed by atoms with Gasteiger partial charge in [-0.15, -0.1) is 0 Å². The molecule has 0 radical (unpaired) electrons. The summed E-state index contributed by atoms with van der Waals surface area (Å²) < 4.78 is 22.6. The highest BCUT2D eigenvalue weighted by molar-refractivity contribution is 5.90. The van der Waals surface area contributed by atoms with Crippen LogP contribution in [0.4, 0.5) is 0 Å². The normalized spacial score (nSPS) is 12.4. The average molecular weight is 465 g/mol. The van der Waals surface area contributed by atoms with Crippen LogP contribution in [-0.2, 0) is 17.8 Å². The maximum absolute atomic E-state index is 11.2. The summed E-state index contributed by atoms with van der Waals surface area (Å²) in [6.07, 6.45) is 4.43. The topological polar surface area (TPSA) is 93.4 Å². The molecule has 1 aliphatic rings. The standard InChI is InChI=1S/C26H28N2O6/c29-26(27-30)12-10-22-8-9-23(34-22)18-28(14-4-16-31-21-5-2-1-3-6-21)15-13-20-7-11-24-25(17-20)33-19-32-24/h1-3,5-12,17,30H,4,13-16,18-19H2,(H,27,29)/b12-10+. The van der Waals surface area contributed by atoms with Crippen molar-refractivity contribution in [3.63, 3.8) is 0 Å². The molecule has 34 heavy (non-hydrogen) atoms. The molecule has 0 saturated carbocycles. The number of ether oxygens (including phenoxy) is 3. The number of rotatable bonds is 12. The summed E-state index contributed by atoms with van der Waals surface area (Å²) in [7, 11) is 0. The molecule has 3 aromatic rings. The smallest absolute Gasteiger partial charge is 0.267 e. The zero-order valence-electron chi connectivity index (χ0n) is 18.8. The van der Waals surface area contributed by atoms with E-state index in [9.17, 15) is 4.79 Å². The van der Waals surface area contributed by atoms with Gasteiger partial charge in [-0.1, -0.05) is 24.3 Å². The van der Waals surface area contributed by atoms with Gasteiger partial charge in [-0.2, -0.15) is 0 Å². The lowest BCUT2D eigenvalue weighted by atomic mass is 10.1. The first kappa shape index (κ1) is 23.4. The SMILES string of the molecule is O=C(/C=C/c1ccc(CN(CCCOc2ccccc2)CCc2ccc3c(c2)OCO3)o1)NO. The Morgan fingerprint density at radius 3 is 2.76 bits per heavy atom. The van der Waals surface area contributed by atoms with Crippen LogP contribution in [0.3, 0.4) is 0 Å². The molecule has 1 aliphatic heterocycles. The summed E-state index contributed by atoms with van der Waals surface area (Å²) in [6, 6.07) is 19.5. The van der Waals surface area contributed by atoms with Gasteiger partial charge in [0, 0.05) is 19.2 Å². The van der Waals surface area contributed by atoms with E-state index >= 15 is 0 Å². The predicted octanol–water partition coefficient (Wildman–Crippen LogP) is 4.04. The van der Waals surface area contributed by atoms with Crippen molar-refractivity contribution in [1.82, 2.24) is 10.4 Å². The molecule has 0 aliphatic carbocycles. The van der Waals surface area contributed by atoms with Crippen LogP contribution in [0.25, 0.3) is 6.08 Å². The van der Waals surface area contributed by atoms with E-state index in [4.69, 9.17) is 23.8 Å². The minimum absolute atomic E-state index is 0.265. The predicted molar refractivity (Wildman–Crippen MR) is 126 cm³/mol. The number of nitrogens with one attached hydrogen (secondary N) is 1. The fourth-order valence-corrected chi connectivity index (χ4v) is 3.63. The van der Waals surface area contributed by atoms with E-state index in [1.54, 1.807) is 11.5 Å². The second-order valence-electron chi connectivity index (χ2n) is 7.84. The van der Waals surface area contributed by atoms with Gasteiger partial charge in [-0.05, 0) is 60.9 Å². The van der Waals surface area contributed by atoms with E-state index in [-0.39, 0.29) is 6.79 Å². The van der Waals surface area contributed by atoms with Gasteiger partial charge in [0.25, 0.3) is 5.91 Å². The number of carbonyl (C=O) groups is 1. The number of hydrogen-bond donors (Lipinski definition) is 2. The fraction of sp³-hybridized carbons (Fsp3) is 0.269. The third-order valence-corrected chi connectivity index (χ3v) is 5.36. The van der Waals surface area contributed by atoms with Crippen molar-refractivity contribution in [2.24, 2.45) is 0 Å². The molecule has 0 atom stereocenters. The van der Waals surface area contributed by atoms with E-state index in [2.05, 4.69) is 11.0 Å². The summed E-state index contributed by atoms with van der Waals surface area (Å²) in [5.74, 6) is 3.16. The molecule has 0 spiro atoms. The number of carbonyl (C=O) groups excluding carboxylic acids is 1. The molecule has 8 nitrogen and oxygen atoms in total. The Kier molecular flexibility index (Phi) is 8.21. The van der Waals surface area contributed by atoms with Crippen LogP contribution in [-0.4, -0.2) is 42.5 Å². The monoisotopic (exact) mass is 464 g/mol. The van der Waals surface area contributed by atoms with Crippen molar-refractivity contribution in [1.29, 1.82) is 0 Å². The first-order chi connectivity index (χ1) is 16.7. The molecule has 8 heteroatoms. The fourth-order valence-electron chi connectivity index (χ4n) is 3.63. The minimum Gasteiger partial charge on any atom is -0.494 e. The number of benzene rings is 2. The van der Waals surface area contributed by atoms with Crippen molar-refractivity contribution >= 4 is 12.0 Å². The summed E-state index contributed by atoms with van der Waals surface area (Å²) in [4.78, 5) is 13.5. The second kappa shape index (κ2) is 11.9. The molecule has 2 heterocycles. The molecule has 0 fully saturated rings. The van der Waals surface area contributed by atoms with Gasteiger partial charge in [0.1, 0.15) is 17.3 Å². The number of nitrogens with zero attached hydrogens (tertiary/aromatic N) is 1. The lowest BCUT2D eigenvalue weighted by molar-refractivity contribution is -0.124. The maximum Gasteiger partial charge on any atom is 0.267 e. The Bertz CT molecular complexity index is 1100. The Morgan fingerprint density at radius 2 is 1.91 bits per heavy atom. The highest BCUT2D eigenvalue weighted by Gasteiger charge is 2.15. The molecule has 0 bridgehead atoms. The van der Waals surface area contributed by atoms with Gasteiger partial charge < -0.3 is 18.6 Å². The molecule has 2 N–H and O–H groups in total. The molecular formula is C26H28N2O6. The molecule has 0 unspecified atom stereocenters. The van der Waals surface area contributed by atoms with Gasteiger partial charge in [-0.25, -0.2) is 5.48 Å². The van der Waals surface area contributed by atoms with Crippen molar-refractivity contribution in [3.05, 3.63) is 83.8 Å². The molecular weight excluding hydrogens is 436 g/mol. The van der Waals surface area contributed by atoms with Crippen LogP contribution < -0.4 is 19.7 Å². The quantitative estimate of drug-likeness (QED) is 0.181. The molecule has 178 valence electrons. The highest BCUT2D eigenvalue weighted by Crippen LogP contribution is 2.32. The van der Waals surface area contributed by atoms with Crippen LogP contribution in [0, 0.1) is 0 Å². The van der Waals surface area contributed by atoms with Gasteiger partial charge in [0.15, 0.2) is 11.5 Å². The summed E-state index contributed by atoms with van der Waals surface area (Å²) in [5, 5.41) is 8.60. The number of fused-ring (bicyclic) bond motifs is 1. The highest BCUT2D eigenvalue weighted by atomic mass is 16.7. The van der Waals surface area contributed by atoms with Gasteiger partial charge in [0.2, 0.25) is 6.79 Å². The number of hydrogen-bond acceptors (Lipinski definition) is 7. The molecule has 4 rings (SSSR count). The summed E-state index contributed by atoms with van der Waals surface area (Å²) >= 11 is 0. The summed E-state index contributed by atoms with van der Waals surface area (Å²) in [5.41, 5.74) is 2.73. The Balaban J connectivity index is 1.34. The van der Waals surface area contributed by atoms with Crippen LogP contribution in [0.1, 0.15) is 23.5 Å². The largest absolute Gasteiger partial charge is 0.494 e. The van der Waals surface area contributed by atoms with E-state index in [0.717, 1.165) is 48.9 Å². The zero-order valence-corrected chi connectivity index (χ0v) is 18.8. The van der Waals surface area contributed by atoms with E-state index in [1.807, 2.05) is 48.5 Å². The second-order valence-corrected chi connectivity index (χ2v) is 7.84. The van der Waals surface area contributed by atoms with Crippen molar-refractivity contribution in [2.75, 3.05) is 26.5 Å². The number of amides is 1. The average Bonchev–Trinajstić information content (AvgIpc) is 3.53. The zero-order chi connectivity index (χ0) is 23.6. The lowest BCUT2D eigenvalue weighted by Gasteiger charge is -2.21. The van der Waals surface area contributed by atoms with Crippen molar-refractivity contribution in [3.8, 4) is 17.2 Å². The first-order valence-electron chi connectivity index (χ1n) is 11.2. The molecule has 0 saturated heterocycles. The van der Waals surface area contributed by atoms with Crippen LogP contribution in [0.5, 0.6) is 17.2 Å². The van der Waals surface area contributed by atoms with E-state index in [0.29, 0.717) is 18.9 Å². The Hall–Kier alpha value is -3.75. The molecule has 1 aromatic heterocycles. The van der Waals surface area contributed by atoms with Gasteiger partial charge in [-0.3, -0.25) is 14.9 Å². The Labute approximate surface area is 198 Å². The number of para-hydroxylation sites is 1. The first-order valence-corrected chi connectivity index (χ1v) is 11.2. The number of furan rings is 1. The van der Waals surface area contributed by atoms with Crippen molar-refractivity contribution in [2.45, 2.75) is 19.4 Å². The summed E-state index contributed by atoms with van der Waals surface area (Å²) in [6.45, 7) is 3.16. The third-order valence-electron chi connectivity index (χ3n) is 5.36. The lowest BCUT2D eigenvalue weighted by Crippen LogP contribution is -2.27. The molecule has 2 aromatic carbocycles. The van der Waals surface area contributed by atoms with Crippen LogP contribution in [0.2, 0.25) is 0 Å². The van der Waals surface area contributed by atoms with Gasteiger partial charge in [0.05, 0.1) is 13.2 Å². The van der Waals surface area contributed by atoms with Crippen molar-refractivity contribution < 1.29 is 28.6 Å². The van der Waals surface area contributed by atoms with Crippen LogP contribution >= 0.6 is 0 Å². The molecule has 1 amide bonds. The minimum atomic E-state index is -0.610. The maximum atomic E-state index is 11.2. The van der Waals surface area contributed by atoms with E-state index in [1.165, 1.54) is 17.7 Å². The van der Waals surface area contributed by atoms with Crippen LogP contribution in [0.15, 0.2) is 71.2 Å². The number of hydroxylamine groups is 1. The Morgan fingerprint density at radius 1 is 1.06 bits per heavy atom. The third kappa shape index (κ3) is 6.87. The van der Waals surface area contributed by atoms with Gasteiger partial charge >= 0.3 is 0 Å². The van der Waals surface area contributed by atoms with E-state index < -0.39 is 5.91 Å².